The molecule has 0 bridgehead atoms. The molecule has 0 heterocycles. The van der Waals surface area contributed by atoms with Crippen molar-refractivity contribution < 1.29 is 13.2 Å². The normalized spacial score (nSPS) is 12.0. The average Bonchev–Trinajstić information content (AvgIpc) is 2.66. The van der Waals surface area contributed by atoms with Crippen molar-refractivity contribution in [3.63, 3.8) is 0 Å². The molecule has 1 radical (unpaired) electrons. The summed E-state index contributed by atoms with van der Waals surface area (Å²) < 4.78 is 37.6. The van der Waals surface area contributed by atoms with Crippen LogP contribution in [0.2, 0.25) is 0 Å². The number of benzene rings is 3. The van der Waals surface area contributed by atoms with Gasteiger partial charge in [0, 0.05) is 6.16 Å². The zero-order chi connectivity index (χ0) is 18.4. The van der Waals surface area contributed by atoms with Gasteiger partial charge in [0.15, 0.2) is 0 Å². The van der Waals surface area contributed by atoms with Crippen molar-refractivity contribution in [2.45, 2.75) is 12.3 Å². The summed E-state index contributed by atoms with van der Waals surface area (Å²) in [6.07, 6.45) is -1.20. The molecule has 0 aliphatic heterocycles. The third-order valence-corrected chi connectivity index (χ3v) is 6.41. The van der Waals surface area contributed by atoms with Crippen LogP contribution in [0.15, 0.2) is 84.9 Å². The van der Waals surface area contributed by atoms with Gasteiger partial charge >= 0.3 is 6.18 Å². The second-order valence-electron chi connectivity index (χ2n) is 5.74. The average molecular weight is 369 g/mol. The van der Waals surface area contributed by atoms with Crippen LogP contribution in [0.3, 0.4) is 0 Å². The van der Waals surface area contributed by atoms with Crippen LogP contribution in [0.5, 0.6) is 0 Å². The van der Waals surface area contributed by atoms with Gasteiger partial charge in [-0.05, 0) is 35.7 Å². The number of rotatable bonds is 5. The molecule has 0 aliphatic carbocycles. The van der Waals surface area contributed by atoms with E-state index in [0.29, 0.717) is 11.7 Å². The van der Waals surface area contributed by atoms with Gasteiger partial charge in [0.05, 0.1) is 6.08 Å². The molecule has 131 valence electrons. The fraction of sp³-hybridized carbons (Fsp3) is 0.0909. The number of hydrogen-bond donors (Lipinski definition) is 0. The molecule has 0 saturated heterocycles. The lowest BCUT2D eigenvalue weighted by molar-refractivity contribution is -0.0866. The van der Waals surface area contributed by atoms with E-state index in [1.54, 1.807) is 12.1 Å². The van der Waals surface area contributed by atoms with Gasteiger partial charge in [-0.3, -0.25) is 0 Å². The van der Waals surface area contributed by atoms with E-state index in [-0.39, 0.29) is 0 Å². The van der Waals surface area contributed by atoms with Crippen molar-refractivity contribution in [1.82, 2.24) is 0 Å². The lowest BCUT2D eigenvalue weighted by Crippen LogP contribution is -2.13. The van der Waals surface area contributed by atoms with Gasteiger partial charge < -0.3 is 0 Å². The van der Waals surface area contributed by atoms with Crippen molar-refractivity contribution in [1.29, 1.82) is 0 Å². The molecule has 3 aromatic rings. The first-order valence-corrected chi connectivity index (χ1v) is 9.69. The van der Waals surface area contributed by atoms with Crippen molar-refractivity contribution in [2.75, 3.05) is 0 Å². The summed E-state index contributed by atoms with van der Waals surface area (Å²) in [5, 5.41) is 2.40. The molecular weight excluding hydrogens is 352 g/mol. The zero-order valence-corrected chi connectivity index (χ0v) is 14.8. The Morgan fingerprint density at radius 2 is 1.23 bits per heavy atom. The molecule has 3 aromatic carbocycles. The van der Waals surface area contributed by atoms with Crippen molar-refractivity contribution >= 4 is 24.6 Å². The van der Waals surface area contributed by atoms with Gasteiger partial charge in [0.1, 0.15) is 0 Å². The van der Waals surface area contributed by atoms with Crippen molar-refractivity contribution in [2.24, 2.45) is 0 Å². The van der Waals surface area contributed by atoms with E-state index in [0.717, 1.165) is 11.6 Å². The summed E-state index contributed by atoms with van der Waals surface area (Å²) in [5.41, 5.74) is 1.45. The molecule has 0 fully saturated rings. The van der Waals surface area contributed by atoms with E-state index in [9.17, 15) is 13.2 Å². The van der Waals surface area contributed by atoms with Gasteiger partial charge in [0.25, 0.3) is 0 Å². The Hall–Kier alpha value is -2.38. The second-order valence-corrected chi connectivity index (χ2v) is 7.95. The summed E-state index contributed by atoms with van der Waals surface area (Å²) in [4.78, 5) is 0. The third kappa shape index (κ3) is 5.06. The first-order chi connectivity index (χ1) is 12.5. The molecule has 0 amide bonds. The van der Waals surface area contributed by atoms with Crippen LogP contribution in [0.4, 0.5) is 13.2 Å². The Bertz CT molecular complexity index is 816. The topological polar surface area (TPSA) is 0 Å². The van der Waals surface area contributed by atoms with Gasteiger partial charge in [-0.2, -0.15) is 13.2 Å². The fourth-order valence-electron chi connectivity index (χ4n) is 2.70. The van der Waals surface area contributed by atoms with Crippen LogP contribution >= 0.6 is 7.92 Å². The Morgan fingerprint density at radius 1 is 0.731 bits per heavy atom. The molecule has 3 rings (SSSR count). The molecular formula is C22H17F3P. The Kier molecular flexibility index (Phi) is 5.90. The predicted molar refractivity (Wildman–Crippen MR) is 103 cm³/mol. The first kappa shape index (κ1) is 18.4. The highest BCUT2D eigenvalue weighted by Crippen LogP contribution is 2.38. The van der Waals surface area contributed by atoms with E-state index in [1.807, 2.05) is 48.5 Å². The van der Waals surface area contributed by atoms with E-state index in [2.05, 4.69) is 24.3 Å². The highest BCUT2D eigenvalue weighted by molar-refractivity contribution is 7.72. The lowest BCUT2D eigenvalue weighted by Gasteiger charge is -2.20. The maximum absolute atomic E-state index is 12.5. The summed E-state index contributed by atoms with van der Waals surface area (Å²) >= 11 is 0. The van der Waals surface area contributed by atoms with Gasteiger partial charge in [-0.15, -0.1) is 0 Å². The number of halogens is 3. The van der Waals surface area contributed by atoms with E-state index in [1.165, 1.54) is 16.7 Å². The monoisotopic (exact) mass is 369 g/mol. The van der Waals surface area contributed by atoms with Crippen LogP contribution in [0.1, 0.15) is 11.1 Å². The highest BCUT2D eigenvalue weighted by atomic mass is 31.1. The van der Waals surface area contributed by atoms with Gasteiger partial charge in [0.2, 0.25) is 0 Å². The number of hydrogen-bond acceptors (Lipinski definition) is 0. The van der Waals surface area contributed by atoms with Crippen molar-refractivity contribution in [3.8, 4) is 0 Å². The number of alkyl halides is 3. The number of allylic oxidation sites excluding steroid dienone is 1. The molecule has 0 atom stereocenters. The first-order valence-electron chi connectivity index (χ1n) is 8.16. The van der Waals surface area contributed by atoms with E-state index >= 15 is 0 Å². The quantitative estimate of drug-likeness (QED) is 0.506. The van der Waals surface area contributed by atoms with Crippen LogP contribution in [0, 0.1) is 6.08 Å². The maximum Gasteiger partial charge on any atom is 0.417 e. The Morgan fingerprint density at radius 3 is 1.77 bits per heavy atom. The summed E-state index contributed by atoms with van der Waals surface area (Å²) in [6, 6.07) is 27.5. The maximum atomic E-state index is 12.5. The minimum Gasteiger partial charge on any atom is -0.166 e. The lowest BCUT2D eigenvalue weighted by atomic mass is 10.1. The fourth-order valence-corrected chi connectivity index (χ4v) is 5.05. The minimum absolute atomic E-state index is 0.559. The molecule has 0 unspecified atom stereocenters. The summed E-state index contributed by atoms with van der Waals surface area (Å²) in [7, 11) is -0.711. The minimum atomic E-state index is -4.43. The van der Waals surface area contributed by atoms with Crippen LogP contribution < -0.4 is 10.6 Å². The summed E-state index contributed by atoms with van der Waals surface area (Å²) in [6.45, 7) is 0. The predicted octanol–water partition coefficient (Wildman–Crippen LogP) is 5.70. The van der Waals surface area contributed by atoms with Crippen LogP contribution in [-0.4, -0.2) is 6.18 Å². The van der Waals surface area contributed by atoms with Crippen LogP contribution in [-0.2, 0) is 6.16 Å². The molecule has 26 heavy (non-hydrogen) atoms. The smallest absolute Gasteiger partial charge is 0.166 e. The SMILES string of the molecule is FC(F)(F)[C]=Cc1ccccc1CP(c1ccccc1)c1ccccc1. The molecule has 0 saturated carbocycles. The highest BCUT2D eigenvalue weighted by Gasteiger charge is 2.23. The Balaban J connectivity index is 1.97. The van der Waals surface area contributed by atoms with Gasteiger partial charge in [-0.1, -0.05) is 84.9 Å². The van der Waals surface area contributed by atoms with Crippen LogP contribution in [0.25, 0.3) is 6.08 Å². The standard InChI is InChI=1S/C22H17F3P/c23-22(24,25)16-15-18-9-7-8-10-19(18)17-26(20-11-3-1-4-12-20)21-13-5-2-6-14-21/h1-15H,17H2. The molecule has 0 aliphatic rings. The Labute approximate surface area is 152 Å². The molecule has 0 spiro atoms. The zero-order valence-electron chi connectivity index (χ0n) is 13.9. The largest absolute Gasteiger partial charge is 0.417 e. The van der Waals surface area contributed by atoms with E-state index in [4.69, 9.17) is 0 Å². The van der Waals surface area contributed by atoms with E-state index < -0.39 is 14.1 Å². The molecule has 0 aromatic heterocycles. The molecule has 0 nitrogen and oxygen atoms in total. The summed E-state index contributed by atoms with van der Waals surface area (Å²) in [5.74, 6) is 0. The third-order valence-electron chi connectivity index (χ3n) is 3.91. The molecule has 4 heteroatoms. The van der Waals surface area contributed by atoms with Crippen molar-refractivity contribution in [3.05, 3.63) is 102 Å². The van der Waals surface area contributed by atoms with Gasteiger partial charge in [-0.25, -0.2) is 0 Å². The molecule has 0 N–H and O–H groups in total. The second kappa shape index (κ2) is 8.33.